The van der Waals surface area contributed by atoms with Crippen LogP contribution in [-0.2, 0) is 0 Å². The van der Waals surface area contributed by atoms with Crippen LogP contribution in [0.2, 0.25) is 0 Å². The molecule has 1 aromatic carbocycles. The number of carbonyl (C=O) groups excluding carboxylic acids is 1. The molecule has 0 aliphatic heterocycles. The van der Waals surface area contributed by atoms with Gasteiger partial charge in [-0.3, -0.25) is 4.79 Å². The second-order valence-corrected chi connectivity index (χ2v) is 6.13. The van der Waals surface area contributed by atoms with Crippen LogP contribution in [0.4, 0.5) is 5.69 Å². The number of carbonyl (C=O) groups is 1. The number of nitrogens with zero attached hydrogens (tertiary/aromatic N) is 1. The Morgan fingerprint density at radius 3 is 2.64 bits per heavy atom. The molecule has 2 N–H and O–H groups in total. The SMILES string of the molecule is CN(C)CC(O)COc1ccc(NC(=O)c2cccs2)cc1. The van der Waals surface area contributed by atoms with Crippen molar-refractivity contribution >= 4 is 22.9 Å². The molecule has 0 fully saturated rings. The molecule has 0 saturated heterocycles. The molecule has 2 rings (SSSR count). The fraction of sp³-hybridized carbons (Fsp3) is 0.312. The van der Waals surface area contributed by atoms with E-state index in [2.05, 4.69) is 5.32 Å². The number of benzene rings is 1. The van der Waals surface area contributed by atoms with Crippen LogP contribution in [0.3, 0.4) is 0 Å². The van der Waals surface area contributed by atoms with Crippen molar-refractivity contribution in [2.24, 2.45) is 0 Å². The highest BCUT2D eigenvalue weighted by atomic mass is 32.1. The van der Waals surface area contributed by atoms with E-state index < -0.39 is 6.10 Å². The molecular weight excluding hydrogens is 300 g/mol. The minimum atomic E-state index is -0.534. The van der Waals surface area contributed by atoms with Crippen LogP contribution in [0.1, 0.15) is 9.67 Å². The number of hydrogen-bond acceptors (Lipinski definition) is 5. The summed E-state index contributed by atoms with van der Waals surface area (Å²) in [5.41, 5.74) is 0.708. The number of nitrogens with one attached hydrogen (secondary N) is 1. The van der Waals surface area contributed by atoms with Crippen molar-refractivity contribution in [1.29, 1.82) is 0 Å². The molecule has 1 heterocycles. The number of amides is 1. The minimum Gasteiger partial charge on any atom is -0.491 e. The highest BCUT2D eigenvalue weighted by molar-refractivity contribution is 7.12. The van der Waals surface area contributed by atoms with Gasteiger partial charge in [-0.05, 0) is 49.8 Å². The quantitative estimate of drug-likeness (QED) is 0.822. The summed E-state index contributed by atoms with van der Waals surface area (Å²) in [7, 11) is 3.79. The van der Waals surface area contributed by atoms with Gasteiger partial charge in [-0.2, -0.15) is 0 Å². The Morgan fingerprint density at radius 1 is 1.32 bits per heavy atom. The monoisotopic (exact) mass is 320 g/mol. The maximum Gasteiger partial charge on any atom is 0.265 e. The molecule has 6 heteroatoms. The number of likely N-dealkylation sites (N-methyl/N-ethyl adjacent to an activating group) is 1. The molecule has 0 saturated carbocycles. The summed E-state index contributed by atoms with van der Waals surface area (Å²) in [4.78, 5) is 14.5. The number of rotatable bonds is 7. The van der Waals surface area contributed by atoms with Gasteiger partial charge in [0.1, 0.15) is 18.5 Å². The van der Waals surface area contributed by atoms with Crippen LogP contribution in [0, 0.1) is 0 Å². The largest absolute Gasteiger partial charge is 0.491 e. The molecule has 1 aromatic heterocycles. The normalized spacial score (nSPS) is 12.2. The van der Waals surface area contributed by atoms with Gasteiger partial charge in [0.05, 0.1) is 4.88 Å². The molecule has 0 aliphatic rings. The molecule has 5 nitrogen and oxygen atoms in total. The molecular formula is C16H20N2O3S. The Bertz CT molecular complexity index is 582. The molecule has 1 unspecified atom stereocenters. The third kappa shape index (κ3) is 5.14. The van der Waals surface area contributed by atoms with Gasteiger partial charge < -0.3 is 20.1 Å². The van der Waals surface area contributed by atoms with Crippen molar-refractivity contribution in [3.8, 4) is 5.75 Å². The van der Waals surface area contributed by atoms with Gasteiger partial charge >= 0.3 is 0 Å². The lowest BCUT2D eigenvalue weighted by Crippen LogP contribution is -2.30. The second-order valence-electron chi connectivity index (χ2n) is 5.18. The van der Waals surface area contributed by atoms with E-state index in [0.29, 0.717) is 22.9 Å². The molecule has 0 radical (unpaired) electrons. The van der Waals surface area contributed by atoms with Gasteiger partial charge in [-0.15, -0.1) is 11.3 Å². The number of aliphatic hydroxyl groups is 1. The zero-order valence-electron chi connectivity index (χ0n) is 12.7. The Labute approximate surface area is 134 Å². The van der Waals surface area contributed by atoms with Gasteiger partial charge in [0.25, 0.3) is 5.91 Å². The first-order valence-electron chi connectivity index (χ1n) is 6.95. The number of anilines is 1. The van der Waals surface area contributed by atoms with Crippen molar-refractivity contribution in [3.63, 3.8) is 0 Å². The fourth-order valence-electron chi connectivity index (χ4n) is 1.90. The average Bonchev–Trinajstić information content (AvgIpc) is 3.00. The van der Waals surface area contributed by atoms with E-state index in [0.717, 1.165) is 0 Å². The van der Waals surface area contributed by atoms with Crippen LogP contribution in [0.5, 0.6) is 5.75 Å². The molecule has 0 spiro atoms. The van der Waals surface area contributed by atoms with Crippen molar-refractivity contribution < 1.29 is 14.6 Å². The van der Waals surface area contributed by atoms with Gasteiger partial charge in [0.15, 0.2) is 0 Å². The van der Waals surface area contributed by atoms with E-state index in [4.69, 9.17) is 4.74 Å². The zero-order chi connectivity index (χ0) is 15.9. The molecule has 1 amide bonds. The van der Waals surface area contributed by atoms with E-state index in [-0.39, 0.29) is 12.5 Å². The topological polar surface area (TPSA) is 61.8 Å². The van der Waals surface area contributed by atoms with Gasteiger partial charge in [0, 0.05) is 12.2 Å². The van der Waals surface area contributed by atoms with Crippen molar-refractivity contribution in [3.05, 3.63) is 46.7 Å². The number of thiophene rings is 1. The summed E-state index contributed by atoms with van der Waals surface area (Å²) >= 11 is 1.40. The maximum atomic E-state index is 11.9. The Balaban J connectivity index is 1.84. The molecule has 0 aliphatic carbocycles. The summed E-state index contributed by atoms with van der Waals surface area (Å²) in [5.74, 6) is 0.539. The van der Waals surface area contributed by atoms with E-state index in [9.17, 15) is 9.90 Å². The number of ether oxygens (including phenoxy) is 1. The van der Waals surface area contributed by atoms with E-state index in [1.807, 2.05) is 30.4 Å². The summed E-state index contributed by atoms with van der Waals surface area (Å²) in [6.45, 7) is 0.786. The standard InChI is InChI=1S/C16H20N2O3S/c1-18(2)10-13(19)11-21-14-7-5-12(6-8-14)17-16(20)15-4-3-9-22-15/h3-9,13,19H,10-11H2,1-2H3,(H,17,20). The Kier molecular flexibility index (Phi) is 5.94. The van der Waals surface area contributed by atoms with Crippen LogP contribution in [0.15, 0.2) is 41.8 Å². The zero-order valence-corrected chi connectivity index (χ0v) is 13.5. The molecule has 118 valence electrons. The second kappa shape index (κ2) is 7.93. The van der Waals surface area contributed by atoms with Crippen LogP contribution in [0.25, 0.3) is 0 Å². The van der Waals surface area contributed by atoms with Gasteiger partial charge in [-0.25, -0.2) is 0 Å². The number of aliphatic hydroxyl groups excluding tert-OH is 1. The predicted octanol–water partition coefficient (Wildman–Crippen LogP) is 2.30. The third-order valence-corrected chi connectivity index (χ3v) is 3.74. The third-order valence-electron chi connectivity index (χ3n) is 2.88. The summed E-state index contributed by atoms with van der Waals surface area (Å²) in [5, 5.41) is 14.4. The van der Waals surface area contributed by atoms with Crippen LogP contribution in [-0.4, -0.2) is 49.3 Å². The van der Waals surface area contributed by atoms with Crippen molar-refractivity contribution in [1.82, 2.24) is 4.90 Å². The molecule has 1 atom stereocenters. The fourth-order valence-corrected chi connectivity index (χ4v) is 2.52. The van der Waals surface area contributed by atoms with Crippen molar-refractivity contribution in [2.45, 2.75) is 6.10 Å². The highest BCUT2D eigenvalue weighted by Gasteiger charge is 2.08. The lowest BCUT2D eigenvalue weighted by molar-refractivity contribution is 0.0831. The summed E-state index contributed by atoms with van der Waals surface area (Å²) in [6, 6.07) is 10.7. The first-order chi connectivity index (χ1) is 10.5. The van der Waals surface area contributed by atoms with Crippen LogP contribution >= 0.6 is 11.3 Å². The van der Waals surface area contributed by atoms with Gasteiger partial charge in [0.2, 0.25) is 0 Å². The summed E-state index contributed by atoms with van der Waals surface area (Å²) in [6.07, 6.45) is -0.534. The van der Waals surface area contributed by atoms with E-state index in [1.54, 1.807) is 30.3 Å². The maximum absolute atomic E-state index is 11.9. The summed E-state index contributed by atoms with van der Waals surface area (Å²) < 4.78 is 5.51. The molecule has 22 heavy (non-hydrogen) atoms. The first kappa shape index (κ1) is 16.5. The smallest absolute Gasteiger partial charge is 0.265 e. The van der Waals surface area contributed by atoms with Crippen LogP contribution < -0.4 is 10.1 Å². The van der Waals surface area contributed by atoms with E-state index in [1.165, 1.54) is 11.3 Å². The molecule has 0 bridgehead atoms. The molecule has 2 aromatic rings. The Hall–Kier alpha value is -1.89. The van der Waals surface area contributed by atoms with E-state index >= 15 is 0 Å². The lowest BCUT2D eigenvalue weighted by atomic mass is 10.3. The predicted molar refractivity (Wildman–Crippen MR) is 88.8 cm³/mol. The highest BCUT2D eigenvalue weighted by Crippen LogP contribution is 2.18. The number of hydrogen-bond donors (Lipinski definition) is 2. The Morgan fingerprint density at radius 2 is 2.05 bits per heavy atom. The van der Waals surface area contributed by atoms with Crippen molar-refractivity contribution in [2.75, 3.05) is 32.6 Å². The lowest BCUT2D eigenvalue weighted by Gasteiger charge is -2.16. The first-order valence-corrected chi connectivity index (χ1v) is 7.83. The minimum absolute atomic E-state index is 0.120. The van der Waals surface area contributed by atoms with Gasteiger partial charge in [-0.1, -0.05) is 6.07 Å². The average molecular weight is 320 g/mol.